The Morgan fingerprint density at radius 1 is 1.15 bits per heavy atom. The van der Waals surface area contributed by atoms with Crippen LogP contribution in [0.25, 0.3) is 5.78 Å². The number of amides is 1. The lowest BCUT2D eigenvalue weighted by molar-refractivity contribution is -0.113. The lowest BCUT2D eigenvalue weighted by atomic mass is 10.2. The largest absolute Gasteiger partial charge is 0.378 e. The fourth-order valence-corrected chi connectivity index (χ4v) is 3.09. The number of fused-ring (bicyclic) bond motifs is 1. The van der Waals surface area contributed by atoms with Crippen LogP contribution in [-0.4, -0.2) is 45.3 Å². The molecule has 26 heavy (non-hydrogen) atoms. The third kappa shape index (κ3) is 3.80. The molecule has 0 radical (unpaired) electrons. The molecule has 0 saturated carbocycles. The molecule has 0 unspecified atom stereocenters. The molecule has 1 N–H and O–H groups in total. The van der Waals surface area contributed by atoms with Crippen LogP contribution in [0.15, 0.2) is 29.4 Å². The number of benzene rings is 1. The number of aryl methyl sites for hydroxylation is 2. The van der Waals surface area contributed by atoms with Crippen molar-refractivity contribution < 1.29 is 4.79 Å². The normalized spacial score (nSPS) is 11.0. The number of nitrogens with one attached hydrogen (secondary N) is 1. The van der Waals surface area contributed by atoms with Gasteiger partial charge >= 0.3 is 0 Å². The van der Waals surface area contributed by atoms with Crippen molar-refractivity contribution in [3.63, 3.8) is 0 Å². The van der Waals surface area contributed by atoms with E-state index in [2.05, 4.69) is 20.4 Å². The molecule has 0 aliphatic rings. The first-order valence-corrected chi connectivity index (χ1v) is 9.24. The maximum atomic E-state index is 12.2. The predicted octanol–water partition coefficient (Wildman–Crippen LogP) is 2.85. The molecule has 0 spiro atoms. The van der Waals surface area contributed by atoms with Crippen LogP contribution in [0.4, 0.5) is 11.4 Å². The zero-order valence-electron chi connectivity index (χ0n) is 15.6. The fourth-order valence-electron chi connectivity index (χ4n) is 2.47. The average molecular weight is 370 g/mol. The van der Waals surface area contributed by atoms with Gasteiger partial charge < -0.3 is 10.2 Å². The molecule has 0 saturated heterocycles. The van der Waals surface area contributed by atoms with Crippen LogP contribution in [0.3, 0.4) is 0 Å². The minimum Gasteiger partial charge on any atom is -0.378 e. The predicted molar refractivity (Wildman–Crippen MR) is 105 cm³/mol. The van der Waals surface area contributed by atoms with Gasteiger partial charge in [0, 0.05) is 36.9 Å². The van der Waals surface area contributed by atoms with Gasteiger partial charge in [0.15, 0.2) is 0 Å². The van der Waals surface area contributed by atoms with Gasteiger partial charge in [0.2, 0.25) is 11.1 Å². The van der Waals surface area contributed by atoms with Gasteiger partial charge in [0.1, 0.15) is 0 Å². The van der Waals surface area contributed by atoms with Gasteiger partial charge in [-0.25, -0.2) is 9.50 Å². The van der Waals surface area contributed by atoms with Gasteiger partial charge in [0.05, 0.1) is 5.75 Å². The molecular formula is C18H22N6OS. The van der Waals surface area contributed by atoms with Gasteiger partial charge in [-0.3, -0.25) is 4.79 Å². The van der Waals surface area contributed by atoms with E-state index in [1.807, 2.05) is 64.0 Å². The molecular weight excluding hydrogens is 348 g/mol. The Morgan fingerprint density at radius 3 is 2.50 bits per heavy atom. The SMILES string of the molecule is Cc1nc2nc(SCC(=O)Nc3ccc(N(C)C)cc3)nn2c(C)c1C. The molecule has 3 rings (SSSR count). The van der Waals surface area contributed by atoms with Crippen molar-refractivity contribution in [3.05, 3.63) is 41.2 Å². The number of nitrogens with zero attached hydrogens (tertiary/aromatic N) is 5. The summed E-state index contributed by atoms with van der Waals surface area (Å²) in [5, 5.41) is 7.88. The molecule has 2 aromatic heterocycles. The summed E-state index contributed by atoms with van der Waals surface area (Å²) in [5.74, 6) is 0.708. The lowest BCUT2D eigenvalue weighted by Crippen LogP contribution is -2.14. The quantitative estimate of drug-likeness (QED) is 0.696. The Balaban J connectivity index is 1.64. The van der Waals surface area contributed by atoms with Gasteiger partial charge in [0.25, 0.3) is 5.78 Å². The zero-order chi connectivity index (χ0) is 18.8. The summed E-state index contributed by atoms with van der Waals surface area (Å²) in [5.41, 5.74) is 4.90. The highest BCUT2D eigenvalue weighted by molar-refractivity contribution is 7.99. The number of rotatable bonds is 5. The van der Waals surface area contributed by atoms with Crippen molar-refractivity contribution in [1.29, 1.82) is 0 Å². The van der Waals surface area contributed by atoms with Gasteiger partial charge in [-0.05, 0) is 50.6 Å². The molecule has 8 heteroatoms. The lowest BCUT2D eigenvalue weighted by Gasteiger charge is -2.12. The van der Waals surface area contributed by atoms with Gasteiger partial charge in [-0.2, -0.15) is 4.98 Å². The number of carbonyl (C=O) groups excluding carboxylic acids is 1. The van der Waals surface area contributed by atoms with Crippen LogP contribution in [0, 0.1) is 20.8 Å². The van der Waals surface area contributed by atoms with E-state index in [1.54, 1.807) is 4.52 Å². The van der Waals surface area contributed by atoms with Crippen LogP contribution < -0.4 is 10.2 Å². The third-order valence-corrected chi connectivity index (χ3v) is 5.08. The van der Waals surface area contributed by atoms with Gasteiger partial charge in [-0.15, -0.1) is 5.10 Å². The molecule has 1 amide bonds. The molecule has 0 atom stereocenters. The maximum absolute atomic E-state index is 12.2. The van der Waals surface area contributed by atoms with Crippen molar-refractivity contribution in [3.8, 4) is 0 Å². The van der Waals surface area contributed by atoms with Crippen LogP contribution in [0.1, 0.15) is 17.0 Å². The van der Waals surface area contributed by atoms with E-state index in [0.29, 0.717) is 10.9 Å². The highest BCUT2D eigenvalue weighted by Gasteiger charge is 2.12. The minimum absolute atomic E-state index is 0.0940. The first-order valence-electron chi connectivity index (χ1n) is 8.26. The minimum atomic E-state index is -0.0940. The smallest absolute Gasteiger partial charge is 0.253 e. The van der Waals surface area contributed by atoms with Crippen LogP contribution in [-0.2, 0) is 4.79 Å². The second kappa shape index (κ2) is 7.33. The van der Waals surface area contributed by atoms with Crippen molar-refractivity contribution in [1.82, 2.24) is 19.6 Å². The zero-order valence-corrected chi connectivity index (χ0v) is 16.4. The summed E-state index contributed by atoms with van der Waals surface area (Å²) < 4.78 is 1.72. The standard InChI is InChI=1S/C18H22N6OS/c1-11-12(2)19-17-21-18(22-24(17)13(11)3)26-10-16(25)20-14-6-8-15(9-7-14)23(4)5/h6-9H,10H2,1-5H3,(H,20,25). The van der Waals surface area contributed by atoms with Crippen LogP contribution >= 0.6 is 11.8 Å². The number of hydrogen-bond donors (Lipinski definition) is 1. The molecule has 7 nitrogen and oxygen atoms in total. The van der Waals surface area contributed by atoms with Crippen LogP contribution in [0.5, 0.6) is 0 Å². The summed E-state index contributed by atoms with van der Waals surface area (Å²) in [6.07, 6.45) is 0. The third-order valence-electron chi connectivity index (χ3n) is 4.24. The number of hydrogen-bond acceptors (Lipinski definition) is 6. The highest BCUT2D eigenvalue weighted by Crippen LogP contribution is 2.19. The Labute approximate surface area is 156 Å². The molecule has 3 aromatic rings. The number of carbonyl (C=O) groups is 1. The fraction of sp³-hybridized carbons (Fsp3) is 0.333. The molecule has 0 fully saturated rings. The second-order valence-corrected chi connectivity index (χ2v) is 7.23. The van der Waals surface area contributed by atoms with Crippen LogP contribution in [0.2, 0.25) is 0 Å². The average Bonchev–Trinajstić information content (AvgIpc) is 3.01. The Hall–Kier alpha value is -2.61. The molecule has 0 bridgehead atoms. The maximum Gasteiger partial charge on any atom is 0.253 e. The first kappa shape index (κ1) is 18.2. The van der Waals surface area contributed by atoms with Crippen molar-refractivity contribution >= 4 is 34.8 Å². The molecule has 0 aliphatic heterocycles. The molecule has 1 aromatic carbocycles. The van der Waals surface area contributed by atoms with E-state index >= 15 is 0 Å². The Morgan fingerprint density at radius 2 is 1.85 bits per heavy atom. The number of anilines is 2. The summed E-state index contributed by atoms with van der Waals surface area (Å²) >= 11 is 1.30. The number of thioether (sulfide) groups is 1. The highest BCUT2D eigenvalue weighted by atomic mass is 32.2. The van der Waals surface area contributed by atoms with Crippen molar-refractivity contribution in [2.75, 3.05) is 30.1 Å². The van der Waals surface area contributed by atoms with E-state index < -0.39 is 0 Å². The molecule has 0 aliphatic carbocycles. The Bertz CT molecular complexity index is 948. The monoisotopic (exact) mass is 370 g/mol. The summed E-state index contributed by atoms with van der Waals surface area (Å²) in [4.78, 5) is 23.0. The van der Waals surface area contributed by atoms with Gasteiger partial charge in [-0.1, -0.05) is 11.8 Å². The Kier molecular flexibility index (Phi) is 5.13. The first-order chi connectivity index (χ1) is 12.3. The van der Waals surface area contributed by atoms with Crippen molar-refractivity contribution in [2.24, 2.45) is 0 Å². The molecule has 136 valence electrons. The van der Waals surface area contributed by atoms with E-state index in [-0.39, 0.29) is 11.7 Å². The van der Waals surface area contributed by atoms with E-state index in [9.17, 15) is 4.79 Å². The topological polar surface area (TPSA) is 75.4 Å². The number of aromatic nitrogens is 4. The molecule has 2 heterocycles. The summed E-state index contributed by atoms with van der Waals surface area (Å²) in [7, 11) is 3.96. The second-order valence-electron chi connectivity index (χ2n) is 6.29. The summed E-state index contributed by atoms with van der Waals surface area (Å²) in [6, 6.07) is 7.71. The van der Waals surface area contributed by atoms with E-state index in [4.69, 9.17) is 0 Å². The van der Waals surface area contributed by atoms with E-state index in [1.165, 1.54) is 11.8 Å². The van der Waals surface area contributed by atoms with E-state index in [0.717, 1.165) is 28.3 Å². The summed E-state index contributed by atoms with van der Waals surface area (Å²) in [6.45, 7) is 5.96. The van der Waals surface area contributed by atoms with Crippen molar-refractivity contribution in [2.45, 2.75) is 25.9 Å².